The average molecular weight is 186 g/mol. The van der Waals surface area contributed by atoms with E-state index in [1.807, 2.05) is 20.8 Å². The van der Waals surface area contributed by atoms with E-state index in [0.717, 1.165) is 6.42 Å². The molecule has 0 bridgehead atoms. The maximum Gasteiger partial charge on any atom is 0.0670 e. The first kappa shape index (κ1) is 12.7. The van der Waals surface area contributed by atoms with Crippen molar-refractivity contribution in [2.24, 2.45) is 5.92 Å². The second-order valence-corrected chi connectivity index (χ2v) is 4.26. The third-order valence-electron chi connectivity index (χ3n) is 2.54. The molecule has 2 N–H and O–H groups in total. The van der Waals surface area contributed by atoms with Crippen LogP contribution in [-0.2, 0) is 0 Å². The van der Waals surface area contributed by atoms with Gasteiger partial charge in [0.15, 0.2) is 0 Å². The van der Waals surface area contributed by atoms with Gasteiger partial charge in [0.1, 0.15) is 0 Å². The topological polar surface area (TPSA) is 40.5 Å². The first-order chi connectivity index (χ1) is 5.90. The van der Waals surface area contributed by atoms with Crippen molar-refractivity contribution in [1.29, 1.82) is 0 Å². The fourth-order valence-electron chi connectivity index (χ4n) is 1.10. The SMILES string of the molecule is CC(C)=CCC[C@](C)(O)[C@H](C)CO. The molecule has 0 fully saturated rings. The molecule has 0 aliphatic carbocycles. The van der Waals surface area contributed by atoms with Crippen LogP contribution >= 0.6 is 0 Å². The Bertz CT molecular complexity index is 167. The second kappa shape index (κ2) is 5.40. The number of aliphatic hydroxyl groups excluding tert-OH is 1. The summed E-state index contributed by atoms with van der Waals surface area (Å²) in [5.41, 5.74) is 0.521. The van der Waals surface area contributed by atoms with Crippen LogP contribution in [0.1, 0.15) is 40.5 Å². The van der Waals surface area contributed by atoms with Gasteiger partial charge in [-0.2, -0.15) is 0 Å². The lowest BCUT2D eigenvalue weighted by atomic mass is 9.87. The monoisotopic (exact) mass is 186 g/mol. The van der Waals surface area contributed by atoms with Gasteiger partial charge in [-0.15, -0.1) is 0 Å². The van der Waals surface area contributed by atoms with Crippen LogP contribution in [0.25, 0.3) is 0 Å². The van der Waals surface area contributed by atoms with E-state index in [9.17, 15) is 5.11 Å². The molecule has 0 aromatic heterocycles. The molecule has 13 heavy (non-hydrogen) atoms. The maximum atomic E-state index is 9.91. The molecule has 0 amide bonds. The third-order valence-corrected chi connectivity index (χ3v) is 2.54. The Hall–Kier alpha value is -0.340. The van der Waals surface area contributed by atoms with Gasteiger partial charge < -0.3 is 10.2 Å². The first-order valence-electron chi connectivity index (χ1n) is 4.86. The third kappa shape index (κ3) is 5.06. The number of rotatable bonds is 5. The molecule has 0 spiro atoms. The van der Waals surface area contributed by atoms with Crippen molar-refractivity contribution >= 4 is 0 Å². The highest BCUT2D eigenvalue weighted by molar-refractivity contribution is 4.94. The largest absolute Gasteiger partial charge is 0.396 e. The predicted octanol–water partition coefficient (Wildman–Crippen LogP) is 2.11. The zero-order valence-electron chi connectivity index (χ0n) is 9.17. The van der Waals surface area contributed by atoms with Crippen molar-refractivity contribution in [2.75, 3.05) is 6.61 Å². The maximum absolute atomic E-state index is 9.91. The summed E-state index contributed by atoms with van der Waals surface area (Å²) in [6.07, 6.45) is 3.69. The van der Waals surface area contributed by atoms with E-state index in [1.54, 1.807) is 6.92 Å². The summed E-state index contributed by atoms with van der Waals surface area (Å²) in [5.74, 6) is -0.0573. The quantitative estimate of drug-likeness (QED) is 0.646. The van der Waals surface area contributed by atoms with E-state index in [4.69, 9.17) is 5.11 Å². The van der Waals surface area contributed by atoms with Gasteiger partial charge in [-0.05, 0) is 33.6 Å². The predicted molar refractivity (Wildman–Crippen MR) is 55.5 cm³/mol. The van der Waals surface area contributed by atoms with Crippen molar-refractivity contribution < 1.29 is 10.2 Å². The standard InChI is InChI=1S/C11H22O2/c1-9(2)6-5-7-11(4,13)10(3)8-12/h6,10,12-13H,5,7-8H2,1-4H3/t10-,11+/m1/s1. The fourth-order valence-corrected chi connectivity index (χ4v) is 1.10. The van der Waals surface area contributed by atoms with Gasteiger partial charge in [0.2, 0.25) is 0 Å². The van der Waals surface area contributed by atoms with Gasteiger partial charge in [-0.3, -0.25) is 0 Å². The van der Waals surface area contributed by atoms with Crippen LogP contribution in [0, 0.1) is 5.92 Å². The molecule has 0 saturated heterocycles. The van der Waals surface area contributed by atoms with Crippen molar-refractivity contribution in [3.05, 3.63) is 11.6 Å². The minimum atomic E-state index is -0.749. The zero-order chi connectivity index (χ0) is 10.5. The highest BCUT2D eigenvalue weighted by atomic mass is 16.3. The van der Waals surface area contributed by atoms with Gasteiger partial charge in [-0.1, -0.05) is 18.6 Å². The van der Waals surface area contributed by atoms with Crippen molar-refractivity contribution in [1.82, 2.24) is 0 Å². The molecule has 0 aromatic carbocycles. The van der Waals surface area contributed by atoms with Gasteiger partial charge in [0.25, 0.3) is 0 Å². The molecule has 2 atom stereocenters. The molecule has 0 aliphatic heterocycles. The zero-order valence-corrected chi connectivity index (χ0v) is 9.17. The lowest BCUT2D eigenvalue weighted by molar-refractivity contribution is -0.0221. The Labute approximate surface area is 81.3 Å². The molecular weight excluding hydrogens is 164 g/mol. The number of hydrogen-bond donors (Lipinski definition) is 2. The Morgan fingerprint density at radius 1 is 1.46 bits per heavy atom. The fraction of sp³-hybridized carbons (Fsp3) is 0.818. The lowest BCUT2D eigenvalue weighted by Gasteiger charge is -2.28. The second-order valence-electron chi connectivity index (χ2n) is 4.26. The van der Waals surface area contributed by atoms with Crippen LogP contribution in [-0.4, -0.2) is 22.4 Å². The van der Waals surface area contributed by atoms with Crippen LogP contribution < -0.4 is 0 Å². The molecule has 0 aromatic rings. The highest BCUT2D eigenvalue weighted by Gasteiger charge is 2.26. The van der Waals surface area contributed by atoms with E-state index in [1.165, 1.54) is 5.57 Å². The number of allylic oxidation sites excluding steroid dienone is 2. The molecule has 0 rings (SSSR count). The summed E-state index contributed by atoms with van der Waals surface area (Å²) in [6.45, 7) is 7.78. The normalized spacial score (nSPS) is 17.7. The molecule has 78 valence electrons. The summed E-state index contributed by atoms with van der Waals surface area (Å²) in [4.78, 5) is 0. The van der Waals surface area contributed by atoms with E-state index in [2.05, 4.69) is 6.08 Å². The summed E-state index contributed by atoms with van der Waals surface area (Å²) in [7, 11) is 0. The minimum absolute atomic E-state index is 0.0435. The molecule has 0 saturated carbocycles. The number of hydrogen-bond acceptors (Lipinski definition) is 2. The van der Waals surface area contributed by atoms with Gasteiger partial charge >= 0.3 is 0 Å². The van der Waals surface area contributed by atoms with Crippen LogP contribution in [0.4, 0.5) is 0 Å². The summed E-state index contributed by atoms with van der Waals surface area (Å²) >= 11 is 0. The molecule has 0 unspecified atom stereocenters. The summed E-state index contributed by atoms with van der Waals surface area (Å²) in [5, 5.41) is 18.8. The van der Waals surface area contributed by atoms with Crippen molar-refractivity contribution in [2.45, 2.75) is 46.1 Å². The van der Waals surface area contributed by atoms with Crippen LogP contribution in [0.2, 0.25) is 0 Å². The Morgan fingerprint density at radius 3 is 2.38 bits per heavy atom. The molecule has 2 nitrogen and oxygen atoms in total. The van der Waals surface area contributed by atoms with Crippen LogP contribution in [0.15, 0.2) is 11.6 Å². The minimum Gasteiger partial charge on any atom is -0.396 e. The van der Waals surface area contributed by atoms with Crippen molar-refractivity contribution in [3.8, 4) is 0 Å². The van der Waals surface area contributed by atoms with E-state index >= 15 is 0 Å². The molecule has 2 heteroatoms. The Morgan fingerprint density at radius 2 is 2.00 bits per heavy atom. The summed E-state index contributed by atoms with van der Waals surface area (Å²) < 4.78 is 0. The van der Waals surface area contributed by atoms with Gasteiger partial charge in [-0.25, -0.2) is 0 Å². The van der Waals surface area contributed by atoms with Crippen LogP contribution in [0.5, 0.6) is 0 Å². The van der Waals surface area contributed by atoms with Crippen LogP contribution in [0.3, 0.4) is 0 Å². The Kier molecular flexibility index (Phi) is 5.26. The van der Waals surface area contributed by atoms with Gasteiger partial charge in [0, 0.05) is 12.5 Å². The van der Waals surface area contributed by atoms with E-state index < -0.39 is 5.60 Å². The van der Waals surface area contributed by atoms with E-state index in [-0.39, 0.29) is 12.5 Å². The molecule has 0 heterocycles. The summed E-state index contributed by atoms with van der Waals surface area (Å²) in [6, 6.07) is 0. The number of aliphatic hydroxyl groups is 2. The van der Waals surface area contributed by atoms with Crippen molar-refractivity contribution in [3.63, 3.8) is 0 Å². The smallest absolute Gasteiger partial charge is 0.0670 e. The molecule has 0 aliphatic rings. The first-order valence-corrected chi connectivity index (χ1v) is 4.86. The molecular formula is C11H22O2. The van der Waals surface area contributed by atoms with Gasteiger partial charge in [0.05, 0.1) is 5.60 Å². The molecule has 0 radical (unpaired) electrons. The Balaban J connectivity index is 3.96. The lowest BCUT2D eigenvalue weighted by Crippen LogP contribution is -2.34. The highest BCUT2D eigenvalue weighted by Crippen LogP contribution is 2.22. The average Bonchev–Trinajstić information content (AvgIpc) is 2.01. The van der Waals surface area contributed by atoms with E-state index in [0.29, 0.717) is 6.42 Å².